The van der Waals surface area contributed by atoms with Crippen LogP contribution in [0.2, 0.25) is 0 Å². The largest absolute Gasteiger partial charge is 0.394 e. The molecule has 118 valence electrons. The molecule has 22 heavy (non-hydrogen) atoms. The van der Waals surface area contributed by atoms with E-state index in [4.69, 9.17) is 9.47 Å². The fraction of sp³-hybridized carbons (Fsp3) is 0.444. The predicted molar refractivity (Wildman–Crippen MR) is 83.6 cm³/mol. The summed E-state index contributed by atoms with van der Waals surface area (Å²) in [5, 5.41) is 11.5. The molecule has 3 nitrogen and oxygen atoms in total. The van der Waals surface area contributed by atoms with E-state index in [9.17, 15) is 9.50 Å². The van der Waals surface area contributed by atoms with E-state index in [1.165, 1.54) is 0 Å². The molecular weight excluding hydrogens is 283 g/mol. The SMILES string of the molecule is CC(C)O[C@H]1[C@@H](F)[C@H](c2cccc3ccccc23)O[C@@H]1CO. The summed E-state index contributed by atoms with van der Waals surface area (Å²) < 4.78 is 26.3. The third-order valence-electron chi connectivity index (χ3n) is 4.03. The zero-order valence-corrected chi connectivity index (χ0v) is 12.8. The Morgan fingerprint density at radius 3 is 2.64 bits per heavy atom. The summed E-state index contributed by atoms with van der Waals surface area (Å²) in [6, 6.07) is 13.6. The molecule has 0 aromatic heterocycles. The van der Waals surface area contributed by atoms with E-state index in [1.807, 2.05) is 56.3 Å². The minimum atomic E-state index is -1.30. The summed E-state index contributed by atoms with van der Waals surface area (Å²) in [4.78, 5) is 0. The normalized spacial score (nSPS) is 28.6. The van der Waals surface area contributed by atoms with E-state index in [-0.39, 0.29) is 12.7 Å². The third-order valence-corrected chi connectivity index (χ3v) is 4.03. The van der Waals surface area contributed by atoms with Gasteiger partial charge in [-0.15, -0.1) is 0 Å². The van der Waals surface area contributed by atoms with Gasteiger partial charge >= 0.3 is 0 Å². The van der Waals surface area contributed by atoms with Crippen LogP contribution in [0, 0.1) is 0 Å². The van der Waals surface area contributed by atoms with Gasteiger partial charge in [-0.05, 0) is 30.2 Å². The second-order valence-corrected chi connectivity index (χ2v) is 5.94. The van der Waals surface area contributed by atoms with Crippen molar-refractivity contribution in [1.29, 1.82) is 0 Å². The maximum atomic E-state index is 14.9. The number of alkyl halides is 1. The molecule has 0 amide bonds. The number of hydrogen-bond acceptors (Lipinski definition) is 3. The van der Waals surface area contributed by atoms with Crippen LogP contribution in [0.15, 0.2) is 42.5 Å². The van der Waals surface area contributed by atoms with Crippen molar-refractivity contribution in [2.45, 2.75) is 44.4 Å². The van der Waals surface area contributed by atoms with E-state index in [1.54, 1.807) is 0 Å². The predicted octanol–water partition coefficient (Wildman–Crippen LogP) is 3.40. The molecule has 0 bridgehead atoms. The summed E-state index contributed by atoms with van der Waals surface area (Å²) in [6.07, 6.45) is -3.51. The topological polar surface area (TPSA) is 38.7 Å². The number of ether oxygens (including phenoxy) is 2. The molecule has 1 fully saturated rings. The third kappa shape index (κ3) is 2.74. The highest BCUT2D eigenvalue weighted by Crippen LogP contribution is 2.40. The van der Waals surface area contributed by atoms with E-state index < -0.39 is 24.5 Å². The van der Waals surface area contributed by atoms with Crippen molar-refractivity contribution < 1.29 is 19.0 Å². The molecule has 2 aromatic carbocycles. The Labute approximate surface area is 129 Å². The van der Waals surface area contributed by atoms with Gasteiger partial charge in [0.25, 0.3) is 0 Å². The first-order chi connectivity index (χ1) is 10.6. The van der Waals surface area contributed by atoms with Gasteiger partial charge in [0.05, 0.1) is 12.7 Å². The van der Waals surface area contributed by atoms with Gasteiger partial charge in [0.2, 0.25) is 0 Å². The Morgan fingerprint density at radius 1 is 1.18 bits per heavy atom. The molecule has 0 unspecified atom stereocenters. The molecule has 0 saturated carbocycles. The molecule has 1 aliphatic heterocycles. The molecule has 0 aliphatic carbocycles. The maximum absolute atomic E-state index is 14.9. The van der Waals surface area contributed by atoms with Gasteiger partial charge in [0.1, 0.15) is 18.3 Å². The first-order valence-electron chi connectivity index (χ1n) is 7.65. The zero-order chi connectivity index (χ0) is 15.7. The number of halogens is 1. The quantitative estimate of drug-likeness (QED) is 0.941. The summed E-state index contributed by atoms with van der Waals surface area (Å²) in [7, 11) is 0. The Morgan fingerprint density at radius 2 is 1.91 bits per heavy atom. The molecule has 3 rings (SSSR count). The highest BCUT2D eigenvalue weighted by Gasteiger charge is 2.47. The van der Waals surface area contributed by atoms with E-state index >= 15 is 0 Å². The Balaban J connectivity index is 1.97. The molecule has 1 aliphatic rings. The first-order valence-corrected chi connectivity index (χ1v) is 7.65. The standard InChI is InChI=1S/C18H21FO3/c1-11(2)21-18-15(10-20)22-17(16(18)19)14-9-5-7-12-6-3-4-8-13(12)14/h3-9,11,15-18,20H,10H2,1-2H3/t15-,16+,17+,18-/m1/s1. The van der Waals surface area contributed by atoms with E-state index in [0.29, 0.717) is 0 Å². The van der Waals surface area contributed by atoms with Crippen molar-refractivity contribution in [2.75, 3.05) is 6.61 Å². The Hall–Kier alpha value is -1.49. The van der Waals surface area contributed by atoms with Crippen molar-refractivity contribution in [2.24, 2.45) is 0 Å². The minimum Gasteiger partial charge on any atom is -0.394 e. The Kier molecular flexibility index (Phi) is 4.43. The average molecular weight is 304 g/mol. The van der Waals surface area contributed by atoms with Gasteiger partial charge in [0.15, 0.2) is 6.17 Å². The van der Waals surface area contributed by atoms with Gasteiger partial charge in [-0.1, -0.05) is 42.5 Å². The van der Waals surface area contributed by atoms with E-state index in [0.717, 1.165) is 16.3 Å². The average Bonchev–Trinajstić information content (AvgIpc) is 2.83. The number of rotatable bonds is 4. The van der Waals surface area contributed by atoms with Crippen LogP contribution in [0.1, 0.15) is 25.5 Å². The minimum absolute atomic E-state index is 0.118. The molecular formula is C18H21FO3. The van der Waals surface area contributed by atoms with Crippen LogP contribution in [0.3, 0.4) is 0 Å². The van der Waals surface area contributed by atoms with Crippen LogP contribution in [0.4, 0.5) is 4.39 Å². The molecule has 4 heteroatoms. The van der Waals surface area contributed by atoms with Crippen molar-refractivity contribution >= 4 is 10.8 Å². The lowest BCUT2D eigenvalue weighted by atomic mass is 9.97. The van der Waals surface area contributed by atoms with Gasteiger partial charge in [0, 0.05) is 0 Å². The van der Waals surface area contributed by atoms with Crippen LogP contribution >= 0.6 is 0 Å². The molecule has 1 saturated heterocycles. The number of aliphatic hydroxyl groups is 1. The highest BCUT2D eigenvalue weighted by atomic mass is 19.1. The van der Waals surface area contributed by atoms with Crippen LogP contribution in [-0.2, 0) is 9.47 Å². The maximum Gasteiger partial charge on any atom is 0.159 e. The summed E-state index contributed by atoms with van der Waals surface area (Å²) in [5.41, 5.74) is 0.805. The van der Waals surface area contributed by atoms with Crippen molar-refractivity contribution in [3.05, 3.63) is 48.0 Å². The zero-order valence-electron chi connectivity index (χ0n) is 12.8. The van der Waals surface area contributed by atoms with Crippen LogP contribution in [0.5, 0.6) is 0 Å². The number of aliphatic hydroxyl groups excluding tert-OH is 1. The van der Waals surface area contributed by atoms with Gasteiger partial charge in [-0.2, -0.15) is 0 Å². The van der Waals surface area contributed by atoms with E-state index in [2.05, 4.69) is 0 Å². The van der Waals surface area contributed by atoms with Gasteiger partial charge < -0.3 is 14.6 Å². The summed E-state index contributed by atoms with van der Waals surface area (Å²) in [6.45, 7) is 3.46. The lowest BCUT2D eigenvalue weighted by Gasteiger charge is -2.21. The number of benzene rings is 2. The van der Waals surface area contributed by atoms with Gasteiger partial charge in [-0.3, -0.25) is 0 Å². The summed E-state index contributed by atoms with van der Waals surface area (Å²) in [5.74, 6) is 0. The Bertz CT molecular complexity index is 638. The summed E-state index contributed by atoms with van der Waals surface area (Å²) >= 11 is 0. The molecule has 4 atom stereocenters. The second kappa shape index (κ2) is 6.32. The van der Waals surface area contributed by atoms with Crippen molar-refractivity contribution in [1.82, 2.24) is 0 Å². The molecule has 2 aromatic rings. The first kappa shape index (κ1) is 15.4. The smallest absolute Gasteiger partial charge is 0.159 e. The fourth-order valence-corrected chi connectivity index (χ4v) is 3.09. The van der Waals surface area contributed by atoms with Crippen LogP contribution in [-0.4, -0.2) is 36.2 Å². The highest BCUT2D eigenvalue weighted by molar-refractivity contribution is 5.86. The second-order valence-electron chi connectivity index (χ2n) is 5.94. The van der Waals surface area contributed by atoms with Gasteiger partial charge in [-0.25, -0.2) is 4.39 Å². The molecule has 0 spiro atoms. The molecule has 1 heterocycles. The lowest BCUT2D eigenvalue weighted by Crippen LogP contribution is -2.35. The van der Waals surface area contributed by atoms with Crippen molar-refractivity contribution in [3.8, 4) is 0 Å². The lowest BCUT2D eigenvalue weighted by molar-refractivity contribution is -0.0702. The van der Waals surface area contributed by atoms with Crippen LogP contribution in [0.25, 0.3) is 10.8 Å². The fourth-order valence-electron chi connectivity index (χ4n) is 3.09. The monoisotopic (exact) mass is 304 g/mol. The molecule has 1 N–H and O–H groups in total. The number of hydrogen-bond donors (Lipinski definition) is 1. The van der Waals surface area contributed by atoms with Crippen LogP contribution < -0.4 is 0 Å². The number of fused-ring (bicyclic) bond motifs is 1. The van der Waals surface area contributed by atoms with Crippen molar-refractivity contribution in [3.63, 3.8) is 0 Å². The molecule has 0 radical (unpaired) electrons.